The first-order valence-electron chi connectivity index (χ1n) is 10.1. The van der Waals surface area contributed by atoms with Crippen LogP contribution in [0.25, 0.3) is 16.9 Å². The number of aromatic nitrogens is 2. The quantitative estimate of drug-likeness (QED) is 0.253. The first-order valence-corrected chi connectivity index (χ1v) is 10.1. The minimum absolute atomic E-state index is 0.0382. The van der Waals surface area contributed by atoms with Crippen LogP contribution in [-0.2, 0) is 20.8 Å². The second-order valence-electron chi connectivity index (χ2n) is 7.32. The van der Waals surface area contributed by atoms with Crippen molar-refractivity contribution in [3.63, 3.8) is 0 Å². The maximum atomic E-state index is 12.3. The van der Waals surface area contributed by atoms with E-state index in [-0.39, 0.29) is 6.42 Å². The Labute approximate surface area is 183 Å². The fourth-order valence-electron chi connectivity index (χ4n) is 3.17. The minimum Gasteiger partial charge on any atom is -0.393 e. The van der Waals surface area contributed by atoms with E-state index >= 15 is 0 Å². The Kier molecular flexibility index (Phi) is 7.63. The first kappa shape index (κ1) is 23.5. The standard InChI is InChI=1S/C23H24F3N3O3/c1-16(28-32-11-10-31-2)18-7-9-29-21(15-27-22(29)14-18)19-5-3-4-17(12-19)13-20(30)6-8-23(24,25)26/h3-5,7,9,12,14-15H,6,8,10-11,13H2,1-2H3/b28-16+. The van der Waals surface area contributed by atoms with Crippen molar-refractivity contribution in [1.29, 1.82) is 0 Å². The van der Waals surface area contributed by atoms with Crippen molar-refractivity contribution < 1.29 is 27.5 Å². The van der Waals surface area contributed by atoms with E-state index in [1.165, 1.54) is 0 Å². The lowest BCUT2D eigenvalue weighted by atomic mass is 10.0. The zero-order valence-corrected chi connectivity index (χ0v) is 17.9. The summed E-state index contributed by atoms with van der Waals surface area (Å²) in [5.74, 6) is -0.440. The summed E-state index contributed by atoms with van der Waals surface area (Å²) in [7, 11) is 1.59. The summed E-state index contributed by atoms with van der Waals surface area (Å²) in [6.45, 7) is 2.65. The molecule has 0 aliphatic heterocycles. The van der Waals surface area contributed by atoms with Crippen LogP contribution in [0.5, 0.6) is 0 Å². The van der Waals surface area contributed by atoms with Gasteiger partial charge in [-0.2, -0.15) is 13.2 Å². The van der Waals surface area contributed by atoms with Gasteiger partial charge in [-0.3, -0.25) is 9.20 Å². The number of carbonyl (C=O) groups excluding carboxylic acids is 1. The molecule has 2 heterocycles. The number of imidazole rings is 1. The van der Waals surface area contributed by atoms with E-state index in [1.807, 2.05) is 35.7 Å². The molecular weight excluding hydrogens is 423 g/mol. The number of rotatable bonds is 10. The molecule has 3 aromatic rings. The summed E-state index contributed by atoms with van der Waals surface area (Å²) in [4.78, 5) is 21.6. The number of hydrogen-bond acceptors (Lipinski definition) is 5. The average molecular weight is 447 g/mol. The summed E-state index contributed by atoms with van der Waals surface area (Å²) in [5, 5.41) is 4.07. The van der Waals surface area contributed by atoms with E-state index in [2.05, 4.69) is 10.1 Å². The molecule has 0 bridgehead atoms. The smallest absolute Gasteiger partial charge is 0.389 e. The zero-order valence-electron chi connectivity index (χ0n) is 17.9. The average Bonchev–Trinajstić information content (AvgIpc) is 3.18. The molecule has 0 atom stereocenters. The number of benzene rings is 1. The normalized spacial score (nSPS) is 12.3. The van der Waals surface area contributed by atoms with E-state index < -0.39 is 24.8 Å². The predicted octanol–water partition coefficient (Wildman–Crippen LogP) is 4.84. The third-order valence-corrected chi connectivity index (χ3v) is 4.82. The van der Waals surface area contributed by atoms with E-state index in [9.17, 15) is 18.0 Å². The fourth-order valence-corrected chi connectivity index (χ4v) is 3.17. The van der Waals surface area contributed by atoms with Crippen LogP contribution in [0.2, 0.25) is 0 Å². The number of nitrogens with zero attached hydrogens (tertiary/aromatic N) is 3. The second kappa shape index (κ2) is 10.4. The van der Waals surface area contributed by atoms with Gasteiger partial charge in [0.2, 0.25) is 0 Å². The van der Waals surface area contributed by atoms with Crippen LogP contribution < -0.4 is 0 Å². The second-order valence-corrected chi connectivity index (χ2v) is 7.32. The van der Waals surface area contributed by atoms with Gasteiger partial charge in [-0.1, -0.05) is 23.4 Å². The number of Topliss-reactive ketones (excluding diaryl/α,β-unsaturated/α-hetero) is 1. The molecule has 0 saturated heterocycles. The number of carbonyl (C=O) groups is 1. The molecule has 0 fully saturated rings. The largest absolute Gasteiger partial charge is 0.393 e. The Morgan fingerprint density at radius 3 is 2.75 bits per heavy atom. The third kappa shape index (κ3) is 6.40. The van der Waals surface area contributed by atoms with Crippen LogP contribution in [0.4, 0.5) is 13.2 Å². The summed E-state index contributed by atoms with van der Waals surface area (Å²) in [6, 6.07) is 11.0. The lowest BCUT2D eigenvalue weighted by molar-refractivity contribution is -0.143. The van der Waals surface area contributed by atoms with Crippen molar-refractivity contribution >= 4 is 17.1 Å². The monoisotopic (exact) mass is 447 g/mol. The van der Waals surface area contributed by atoms with Crippen molar-refractivity contribution in [1.82, 2.24) is 9.38 Å². The van der Waals surface area contributed by atoms with Crippen LogP contribution in [0.1, 0.15) is 30.9 Å². The van der Waals surface area contributed by atoms with Gasteiger partial charge in [0.25, 0.3) is 0 Å². The molecule has 32 heavy (non-hydrogen) atoms. The molecule has 0 N–H and O–H groups in total. The number of fused-ring (bicyclic) bond motifs is 1. The number of oxime groups is 1. The van der Waals surface area contributed by atoms with E-state index in [4.69, 9.17) is 9.57 Å². The topological polar surface area (TPSA) is 65.2 Å². The number of alkyl halides is 3. The molecule has 0 spiro atoms. The van der Waals surface area contributed by atoms with Gasteiger partial charge in [-0.25, -0.2) is 4.98 Å². The summed E-state index contributed by atoms with van der Waals surface area (Å²) in [6.07, 6.45) is -2.40. The SMILES string of the molecule is COCCO/N=C(\C)c1ccn2c(-c3cccc(CC(=O)CCC(F)(F)F)c3)cnc2c1. The Hall–Kier alpha value is -3.20. The molecule has 6 nitrogen and oxygen atoms in total. The van der Waals surface area contributed by atoms with Gasteiger partial charge in [-0.15, -0.1) is 0 Å². The molecule has 1 aromatic carbocycles. The first-order chi connectivity index (χ1) is 15.3. The van der Waals surface area contributed by atoms with E-state index in [1.54, 1.807) is 31.5 Å². The summed E-state index contributed by atoms with van der Waals surface area (Å²) in [5.41, 5.74) is 4.55. The summed E-state index contributed by atoms with van der Waals surface area (Å²) < 4.78 is 43.8. The molecule has 170 valence electrons. The highest BCUT2D eigenvalue weighted by Gasteiger charge is 2.27. The third-order valence-electron chi connectivity index (χ3n) is 4.82. The molecule has 0 unspecified atom stereocenters. The van der Waals surface area contributed by atoms with Gasteiger partial charge in [-0.05, 0) is 30.7 Å². The maximum Gasteiger partial charge on any atom is 0.389 e. The highest BCUT2D eigenvalue weighted by molar-refractivity contribution is 5.99. The highest BCUT2D eigenvalue weighted by Crippen LogP contribution is 2.24. The van der Waals surface area contributed by atoms with Crippen molar-refractivity contribution in [3.8, 4) is 11.3 Å². The van der Waals surface area contributed by atoms with Crippen molar-refractivity contribution in [2.45, 2.75) is 32.4 Å². The molecule has 0 amide bonds. The van der Waals surface area contributed by atoms with Gasteiger partial charge in [0, 0.05) is 37.3 Å². The fraction of sp³-hybridized carbons (Fsp3) is 0.348. The Bertz CT molecular complexity index is 1110. The van der Waals surface area contributed by atoms with Crippen LogP contribution in [0.3, 0.4) is 0 Å². The van der Waals surface area contributed by atoms with Crippen LogP contribution in [0, 0.1) is 0 Å². The Morgan fingerprint density at radius 1 is 1.19 bits per heavy atom. The van der Waals surface area contributed by atoms with Gasteiger partial charge >= 0.3 is 6.18 Å². The molecule has 0 saturated carbocycles. The van der Waals surface area contributed by atoms with Gasteiger partial charge in [0.1, 0.15) is 18.0 Å². The zero-order chi connectivity index (χ0) is 23.1. The number of ether oxygens (including phenoxy) is 1. The van der Waals surface area contributed by atoms with E-state index in [0.717, 1.165) is 16.8 Å². The number of ketones is 1. The molecule has 2 aromatic heterocycles. The molecule has 0 aliphatic carbocycles. The maximum absolute atomic E-state index is 12.3. The number of methoxy groups -OCH3 is 1. The van der Waals surface area contributed by atoms with Gasteiger partial charge in [0.15, 0.2) is 0 Å². The van der Waals surface area contributed by atoms with E-state index in [0.29, 0.717) is 30.1 Å². The Morgan fingerprint density at radius 2 is 2.00 bits per heavy atom. The minimum atomic E-state index is -4.33. The van der Waals surface area contributed by atoms with Crippen LogP contribution >= 0.6 is 0 Å². The van der Waals surface area contributed by atoms with Crippen LogP contribution in [0.15, 0.2) is 53.9 Å². The van der Waals surface area contributed by atoms with Gasteiger partial charge in [0.05, 0.1) is 30.6 Å². The van der Waals surface area contributed by atoms with Crippen molar-refractivity contribution in [2.24, 2.45) is 5.16 Å². The van der Waals surface area contributed by atoms with Gasteiger partial charge < -0.3 is 9.57 Å². The summed E-state index contributed by atoms with van der Waals surface area (Å²) >= 11 is 0. The number of hydrogen-bond donors (Lipinski definition) is 0. The lowest BCUT2D eigenvalue weighted by Crippen LogP contribution is -2.12. The highest BCUT2D eigenvalue weighted by atomic mass is 19.4. The number of pyridine rings is 1. The van der Waals surface area contributed by atoms with Crippen molar-refractivity contribution in [2.75, 3.05) is 20.3 Å². The van der Waals surface area contributed by atoms with Crippen molar-refractivity contribution in [3.05, 3.63) is 59.9 Å². The number of halogens is 3. The molecule has 3 rings (SSSR count). The molecule has 9 heteroatoms. The molecular formula is C23H24F3N3O3. The Balaban J connectivity index is 1.76. The van der Waals surface area contributed by atoms with Crippen LogP contribution in [-0.4, -0.2) is 47.4 Å². The molecule has 0 aliphatic rings. The predicted molar refractivity (Wildman–Crippen MR) is 115 cm³/mol. The lowest BCUT2D eigenvalue weighted by Gasteiger charge is -2.08. The molecule has 0 radical (unpaired) electrons.